The van der Waals surface area contributed by atoms with E-state index < -0.39 is 0 Å². The smallest absolute Gasteiger partial charge is 0.151 e. The number of fused-ring (bicyclic) bond motifs is 2. The minimum absolute atomic E-state index is 0.186. The van der Waals surface area contributed by atoms with Gasteiger partial charge in [-0.2, -0.15) is 0 Å². The Kier molecular flexibility index (Phi) is 4.26. The van der Waals surface area contributed by atoms with Crippen molar-refractivity contribution in [3.8, 4) is 22.7 Å². The van der Waals surface area contributed by atoms with Crippen LogP contribution in [0.4, 0.5) is 5.82 Å². The molecule has 0 aliphatic heterocycles. The minimum atomic E-state index is 0.186. The summed E-state index contributed by atoms with van der Waals surface area (Å²) < 4.78 is 1.85. The molecule has 0 radical (unpaired) electrons. The Morgan fingerprint density at radius 2 is 1.86 bits per heavy atom. The van der Waals surface area contributed by atoms with E-state index in [-0.39, 0.29) is 5.75 Å². The minimum Gasteiger partial charge on any atom is -0.507 e. The van der Waals surface area contributed by atoms with E-state index in [4.69, 9.17) is 0 Å². The fraction of sp³-hybridized carbons (Fsp3) is 0.409. The molecular formula is C22H25N5O. The second-order valence-electron chi connectivity index (χ2n) is 8.23. The van der Waals surface area contributed by atoms with Crippen LogP contribution in [0, 0.1) is 11.8 Å². The molecule has 3 atom stereocenters. The summed E-state index contributed by atoms with van der Waals surface area (Å²) in [5, 5.41) is 19.3. The van der Waals surface area contributed by atoms with Gasteiger partial charge >= 0.3 is 0 Å². The molecule has 3 aromatic rings. The van der Waals surface area contributed by atoms with Crippen LogP contribution in [0.1, 0.15) is 32.1 Å². The van der Waals surface area contributed by atoms with Gasteiger partial charge in [-0.1, -0.05) is 12.8 Å². The van der Waals surface area contributed by atoms with Crippen LogP contribution < -0.4 is 4.90 Å². The Hall–Kier alpha value is -2.89. The van der Waals surface area contributed by atoms with Crippen LogP contribution in [-0.4, -0.2) is 37.9 Å². The van der Waals surface area contributed by atoms with Gasteiger partial charge in [0.25, 0.3) is 0 Å². The van der Waals surface area contributed by atoms with Crippen molar-refractivity contribution in [2.45, 2.75) is 38.1 Å². The second kappa shape index (κ2) is 6.93. The molecule has 2 bridgehead atoms. The number of hydrogen-bond donors (Lipinski definition) is 1. The summed E-state index contributed by atoms with van der Waals surface area (Å²) >= 11 is 0. The van der Waals surface area contributed by atoms with Gasteiger partial charge < -0.3 is 14.6 Å². The zero-order valence-corrected chi connectivity index (χ0v) is 16.1. The van der Waals surface area contributed by atoms with E-state index >= 15 is 0 Å². The molecule has 1 N–H and O–H groups in total. The molecule has 2 fully saturated rings. The number of anilines is 1. The number of aromatic hydroxyl groups is 1. The molecule has 0 saturated heterocycles. The molecule has 144 valence electrons. The van der Waals surface area contributed by atoms with Crippen molar-refractivity contribution in [3.05, 3.63) is 49.1 Å². The van der Waals surface area contributed by atoms with Gasteiger partial charge in [-0.3, -0.25) is 0 Å². The van der Waals surface area contributed by atoms with Gasteiger partial charge in [-0.25, -0.2) is 4.98 Å². The molecule has 6 heteroatoms. The SMILES string of the molecule is CN(c1ccc(-c2ccc(-n3ccnc3)cc2O)nn1)C1C[C@H]2CC[C@@H](C1)C2. The number of benzene rings is 1. The van der Waals surface area contributed by atoms with Gasteiger partial charge in [-0.15, -0.1) is 10.2 Å². The average Bonchev–Trinajstić information content (AvgIpc) is 3.37. The molecule has 6 nitrogen and oxygen atoms in total. The summed E-state index contributed by atoms with van der Waals surface area (Å²) in [6.45, 7) is 0. The summed E-state index contributed by atoms with van der Waals surface area (Å²) in [5.74, 6) is 2.88. The Morgan fingerprint density at radius 1 is 1.04 bits per heavy atom. The maximum absolute atomic E-state index is 10.5. The predicted octanol–water partition coefficient (Wildman–Crippen LogP) is 4.05. The molecule has 2 saturated carbocycles. The molecule has 0 amide bonds. The van der Waals surface area contributed by atoms with Crippen molar-refractivity contribution in [2.24, 2.45) is 11.8 Å². The summed E-state index contributed by atoms with van der Waals surface area (Å²) in [6.07, 6.45) is 12.0. The van der Waals surface area contributed by atoms with E-state index in [2.05, 4.69) is 27.1 Å². The fourth-order valence-corrected chi connectivity index (χ4v) is 4.94. The maximum atomic E-state index is 10.5. The Balaban J connectivity index is 1.35. The molecule has 5 rings (SSSR count). The molecule has 2 aliphatic carbocycles. The number of nitrogens with zero attached hydrogens (tertiary/aromatic N) is 5. The van der Waals surface area contributed by atoms with Crippen molar-refractivity contribution >= 4 is 5.82 Å². The van der Waals surface area contributed by atoms with Crippen LogP contribution in [0.3, 0.4) is 0 Å². The van der Waals surface area contributed by atoms with Crippen molar-refractivity contribution in [1.82, 2.24) is 19.7 Å². The first-order chi connectivity index (χ1) is 13.7. The summed E-state index contributed by atoms with van der Waals surface area (Å²) in [5.41, 5.74) is 2.21. The summed E-state index contributed by atoms with van der Waals surface area (Å²) in [6, 6.07) is 10.1. The monoisotopic (exact) mass is 375 g/mol. The van der Waals surface area contributed by atoms with Gasteiger partial charge in [0.2, 0.25) is 0 Å². The van der Waals surface area contributed by atoms with E-state index in [1.54, 1.807) is 18.6 Å². The van der Waals surface area contributed by atoms with Crippen LogP contribution in [0.5, 0.6) is 5.75 Å². The van der Waals surface area contributed by atoms with E-state index in [1.165, 1.54) is 32.1 Å². The van der Waals surface area contributed by atoms with Crippen molar-refractivity contribution in [1.29, 1.82) is 0 Å². The van der Waals surface area contributed by atoms with E-state index in [1.807, 2.05) is 35.0 Å². The lowest BCUT2D eigenvalue weighted by molar-refractivity contribution is 0.312. The highest BCUT2D eigenvalue weighted by atomic mass is 16.3. The predicted molar refractivity (Wildman–Crippen MR) is 109 cm³/mol. The molecule has 28 heavy (non-hydrogen) atoms. The first-order valence-corrected chi connectivity index (χ1v) is 10.1. The molecule has 0 spiro atoms. The van der Waals surface area contributed by atoms with Crippen molar-refractivity contribution in [2.75, 3.05) is 11.9 Å². The molecule has 2 heterocycles. The number of aromatic nitrogens is 4. The molecular weight excluding hydrogens is 350 g/mol. The van der Waals surface area contributed by atoms with Crippen LogP contribution in [-0.2, 0) is 0 Å². The largest absolute Gasteiger partial charge is 0.507 e. The molecule has 2 aliphatic rings. The average molecular weight is 375 g/mol. The van der Waals surface area contributed by atoms with Gasteiger partial charge in [0.05, 0.1) is 17.7 Å². The van der Waals surface area contributed by atoms with Crippen LogP contribution in [0.25, 0.3) is 16.9 Å². The lowest BCUT2D eigenvalue weighted by Gasteiger charge is -2.35. The number of hydrogen-bond acceptors (Lipinski definition) is 5. The highest BCUT2D eigenvalue weighted by Crippen LogP contribution is 2.43. The number of phenolic OH excluding ortho intramolecular Hbond substituents is 1. The number of imidazole rings is 1. The normalized spacial score (nSPS) is 23.7. The van der Waals surface area contributed by atoms with Crippen LogP contribution >= 0.6 is 0 Å². The van der Waals surface area contributed by atoms with E-state index in [0.29, 0.717) is 17.3 Å². The third kappa shape index (κ3) is 3.13. The van der Waals surface area contributed by atoms with Gasteiger partial charge in [-0.05, 0) is 55.4 Å². The number of phenols is 1. The van der Waals surface area contributed by atoms with Crippen molar-refractivity contribution in [3.63, 3.8) is 0 Å². The van der Waals surface area contributed by atoms with Crippen molar-refractivity contribution < 1.29 is 5.11 Å². The second-order valence-corrected chi connectivity index (χ2v) is 8.23. The Labute approximate surface area is 164 Å². The van der Waals surface area contributed by atoms with E-state index in [0.717, 1.165) is 23.3 Å². The number of rotatable bonds is 4. The molecule has 1 aromatic carbocycles. The zero-order valence-electron chi connectivity index (χ0n) is 16.1. The van der Waals surface area contributed by atoms with E-state index in [9.17, 15) is 5.11 Å². The van der Waals surface area contributed by atoms with Gasteiger partial charge in [0, 0.05) is 37.1 Å². The quantitative estimate of drug-likeness (QED) is 0.745. The lowest BCUT2D eigenvalue weighted by atomic mass is 9.85. The summed E-state index contributed by atoms with van der Waals surface area (Å²) in [7, 11) is 2.14. The Morgan fingerprint density at radius 3 is 2.50 bits per heavy atom. The first kappa shape index (κ1) is 17.2. The third-order valence-corrected chi connectivity index (χ3v) is 6.48. The third-order valence-electron chi connectivity index (χ3n) is 6.48. The first-order valence-electron chi connectivity index (χ1n) is 10.1. The topological polar surface area (TPSA) is 67.1 Å². The highest BCUT2D eigenvalue weighted by molar-refractivity contribution is 5.69. The van der Waals surface area contributed by atoms with Crippen LogP contribution in [0.2, 0.25) is 0 Å². The Bertz CT molecular complexity index is 942. The highest BCUT2D eigenvalue weighted by Gasteiger charge is 2.36. The standard InChI is InChI=1S/C22H25N5O/c1-26(18-11-15-2-3-16(10-15)12-18)22-7-6-20(24-25-22)19-5-4-17(13-21(19)28)27-9-8-23-14-27/h4-9,13-16,18,28H,2-3,10-12H2,1H3/t15-,16+,18?. The van der Waals surface area contributed by atoms with Crippen LogP contribution in [0.15, 0.2) is 49.1 Å². The zero-order chi connectivity index (χ0) is 19.1. The maximum Gasteiger partial charge on any atom is 0.151 e. The fourth-order valence-electron chi connectivity index (χ4n) is 4.94. The lowest BCUT2D eigenvalue weighted by Crippen LogP contribution is -2.37. The van der Waals surface area contributed by atoms with Gasteiger partial charge in [0.1, 0.15) is 5.75 Å². The summed E-state index contributed by atoms with van der Waals surface area (Å²) in [4.78, 5) is 6.34. The molecule has 2 aromatic heterocycles. The molecule has 1 unspecified atom stereocenters. The van der Waals surface area contributed by atoms with Gasteiger partial charge in [0.15, 0.2) is 5.82 Å².